The molecule has 0 aliphatic carbocycles. The molecule has 0 saturated carbocycles. The Hall–Kier alpha value is -3.25. The van der Waals surface area contributed by atoms with Gasteiger partial charge in [-0.1, -0.05) is 54.6 Å². The van der Waals surface area contributed by atoms with Crippen molar-refractivity contribution in [1.82, 2.24) is 0 Å². The highest BCUT2D eigenvalue weighted by molar-refractivity contribution is 5.87. The van der Waals surface area contributed by atoms with Gasteiger partial charge >= 0.3 is 0 Å². The number of hydrogen-bond donors (Lipinski definition) is 0. The summed E-state index contributed by atoms with van der Waals surface area (Å²) in [6.45, 7) is 1.46. The van der Waals surface area contributed by atoms with E-state index in [1.54, 1.807) is 0 Å². The average Bonchev–Trinajstić information content (AvgIpc) is 2.77. The third kappa shape index (κ3) is 2.73. The molecule has 0 radical (unpaired) electrons. The van der Waals surface area contributed by atoms with Crippen LogP contribution in [0.1, 0.15) is 29.5 Å². The number of nitrogens with zero attached hydrogens (tertiary/aromatic N) is 1. The van der Waals surface area contributed by atoms with Gasteiger partial charge in [0.05, 0.1) is 18.8 Å². The second-order valence-electron chi connectivity index (χ2n) is 7.33. The van der Waals surface area contributed by atoms with Gasteiger partial charge in [0.2, 0.25) is 0 Å². The number of aryl methyl sites for hydroxylation is 2. The molecule has 0 amide bonds. The van der Waals surface area contributed by atoms with Gasteiger partial charge < -0.3 is 9.47 Å². The van der Waals surface area contributed by atoms with Crippen molar-refractivity contribution in [3.8, 4) is 39.8 Å². The Labute approximate surface area is 165 Å². The average molecular weight is 367 g/mol. The number of benzene rings is 3. The maximum absolute atomic E-state index is 10.1. The molecule has 3 nitrogen and oxygen atoms in total. The molecule has 2 heterocycles. The van der Waals surface area contributed by atoms with Crippen LogP contribution in [-0.2, 0) is 12.8 Å². The third-order valence-electron chi connectivity index (χ3n) is 5.62. The van der Waals surface area contributed by atoms with Crippen LogP contribution in [0.4, 0.5) is 0 Å². The molecule has 2 aliphatic heterocycles. The Kier molecular flexibility index (Phi) is 4.25. The summed E-state index contributed by atoms with van der Waals surface area (Å²) in [7, 11) is 0. The zero-order chi connectivity index (χ0) is 18.9. The first-order valence-corrected chi connectivity index (χ1v) is 9.90. The van der Waals surface area contributed by atoms with E-state index >= 15 is 0 Å². The van der Waals surface area contributed by atoms with Crippen molar-refractivity contribution in [3.05, 3.63) is 71.3 Å². The molecule has 3 aromatic rings. The van der Waals surface area contributed by atoms with Gasteiger partial charge in [0.15, 0.2) is 0 Å². The second kappa shape index (κ2) is 7.05. The van der Waals surface area contributed by atoms with Gasteiger partial charge in [-0.3, -0.25) is 0 Å². The summed E-state index contributed by atoms with van der Waals surface area (Å²) in [5.74, 6) is 1.85. The van der Waals surface area contributed by atoms with Crippen LogP contribution in [0.25, 0.3) is 22.3 Å². The topological polar surface area (TPSA) is 42.2 Å². The fraction of sp³-hybridized carbons (Fsp3) is 0.240. The number of ether oxygens (including phenoxy) is 2. The van der Waals surface area contributed by atoms with Crippen LogP contribution in [0, 0.1) is 11.3 Å². The van der Waals surface area contributed by atoms with Crippen LogP contribution in [0.5, 0.6) is 11.5 Å². The molecular weight excluding hydrogens is 346 g/mol. The van der Waals surface area contributed by atoms with Gasteiger partial charge in [0.25, 0.3) is 0 Å². The van der Waals surface area contributed by atoms with E-state index in [0.717, 1.165) is 72.6 Å². The Morgan fingerprint density at radius 1 is 0.643 bits per heavy atom. The summed E-state index contributed by atoms with van der Waals surface area (Å²) < 4.78 is 12.0. The lowest BCUT2D eigenvalue weighted by atomic mass is 9.89. The van der Waals surface area contributed by atoms with E-state index in [0.29, 0.717) is 5.56 Å². The Morgan fingerprint density at radius 2 is 1.11 bits per heavy atom. The molecule has 28 heavy (non-hydrogen) atoms. The van der Waals surface area contributed by atoms with Gasteiger partial charge in [0, 0.05) is 22.3 Å². The van der Waals surface area contributed by atoms with E-state index in [9.17, 15) is 5.26 Å². The summed E-state index contributed by atoms with van der Waals surface area (Å²) in [6, 6.07) is 21.0. The standard InChI is InChI=1S/C25H21NO2/c26-16-23-19(21-12-1-6-17-8-4-14-27-24(17)21)10-3-11-20(23)22-13-2-7-18-9-5-15-28-25(18)22/h1-3,6-7,10-13H,4-5,8-9,14-15H2. The third-order valence-corrected chi connectivity index (χ3v) is 5.62. The van der Waals surface area contributed by atoms with E-state index < -0.39 is 0 Å². The molecule has 2 aliphatic rings. The predicted molar refractivity (Wildman–Crippen MR) is 110 cm³/mol. The van der Waals surface area contributed by atoms with Crippen LogP contribution in [0.3, 0.4) is 0 Å². The molecule has 5 rings (SSSR count). The van der Waals surface area contributed by atoms with Gasteiger partial charge in [-0.25, -0.2) is 0 Å². The minimum atomic E-state index is 0.674. The number of nitriles is 1. The zero-order valence-corrected chi connectivity index (χ0v) is 15.7. The van der Waals surface area contributed by atoms with Crippen molar-refractivity contribution in [1.29, 1.82) is 5.26 Å². The number of rotatable bonds is 2. The van der Waals surface area contributed by atoms with Crippen LogP contribution >= 0.6 is 0 Å². The fourth-order valence-corrected chi connectivity index (χ4v) is 4.32. The van der Waals surface area contributed by atoms with E-state index in [2.05, 4.69) is 42.5 Å². The molecule has 0 aromatic heterocycles. The molecule has 3 aromatic carbocycles. The molecule has 0 unspecified atom stereocenters. The first kappa shape index (κ1) is 16.9. The van der Waals surface area contributed by atoms with E-state index in [1.807, 2.05) is 18.2 Å². The molecule has 0 N–H and O–H groups in total. The van der Waals surface area contributed by atoms with E-state index in [4.69, 9.17) is 9.47 Å². The molecular formula is C25H21NO2. The Morgan fingerprint density at radius 3 is 1.61 bits per heavy atom. The molecule has 138 valence electrons. The quantitative estimate of drug-likeness (QED) is 0.597. The zero-order valence-electron chi connectivity index (χ0n) is 15.7. The van der Waals surface area contributed by atoms with Crippen molar-refractivity contribution >= 4 is 0 Å². The lowest BCUT2D eigenvalue weighted by Gasteiger charge is -2.23. The van der Waals surface area contributed by atoms with Gasteiger partial charge in [-0.05, 0) is 36.8 Å². The molecule has 0 bridgehead atoms. The second-order valence-corrected chi connectivity index (χ2v) is 7.33. The Bertz CT molecular complexity index is 1020. The number of hydrogen-bond acceptors (Lipinski definition) is 3. The SMILES string of the molecule is N#Cc1c(-c2cccc3c2OCCC3)cccc1-c1cccc2c1OCCC2. The minimum absolute atomic E-state index is 0.674. The van der Waals surface area contributed by atoms with Crippen LogP contribution < -0.4 is 9.47 Å². The highest BCUT2D eigenvalue weighted by Gasteiger charge is 2.22. The summed E-state index contributed by atoms with van der Waals surface area (Å²) in [5, 5.41) is 10.1. The number of fused-ring (bicyclic) bond motifs is 2. The van der Waals surface area contributed by atoms with E-state index in [-0.39, 0.29) is 0 Å². The van der Waals surface area contributed by atoms with E-state index in [1.165, 1.54) is 11.1 Å². The number of para-hydroxylation sites is 2. The fourth-order valence-electron chi connectivity index (χ4n) is 4.32. The lowest BCUT2D eigenvalue weighted by Crippen LogP contribution is -2.10. The first-order valence-electron chi connectivity index (χ1n) is 9.90. The van der Waals surface area contributed by atoms with Crippen molar-refractivity contribution in [2.75, 3.05) is 13.2 Å². The minimum Gasteiger partial charge on any atom is -0.493 e. The highest BCUT2D eigenvalue weighted by atomic mass is 16.5. The van der Waals surface area contributed by atoms with Gasteiger partial charge in [-0.15, -0.1) is 0 Å². The normalized spacial score (nSPS) is 14.8. The maximum Gasteiger partial charge on any atom is 0.130 e. The van der Waals surface area contributed by atoms with Crippen LogP contribution in [-0.4, -0.2) is 13.2 Å². The van der Waals surface area contributed by atoms with Crippen molar-refractivity contribution in [3.63, 3.8) is 0 Å². The summed E-state index contributed by atoms with van der Waals surface area (Å²) in [4.78, 5) is 0. The smallest absolute Gasteiger partial charge is 0.130 e. The van der Waals surface area contributed by atoms with Crippen molar-refractivity contribution in [2.45, 2.75) is 25.7 Å². The first-order chi connectivity index (χ1) is 13.9. The van der Waals surface area contributed by atoms with Crippen molar-refractivity contribution in [2.24, 2.45) is 0 Å². The molecule has 0 spiro atoms. The maximum atomic E-state index is 10.1. The van der Waals surface area contributed by atoms with Crippen molar-refractivity contribution < 1.29 is 9.47 Å². The van der Waals surface area contributed by atoms with Crippen LogP contribution in [0.2, 0.25) is 0 Å². The molecule has 0 fully saturated rings. The molecule has 3 heteroatoms. The monoisotopic (exact) mass is 367 g/mol. The molecule has 0 saturated heterocycles. The summed E-state index contributed by atoms with van der Waals surface area (Å²) in [5.41, 5.74) is 6.96. The summed E-state index contributed by atoms with van der Waals surface area (Å²) >= 11 is 0. The highest BCUT2D eigenvalue weighted by Crippen LogP contribution is 2.43. The lowest BCUT2D eigenvalue weighted by molar-refractivity contribution is 0.289. The van der Waals surface area contributed by atoms with Gasteiger partial charge in [0.1, 0.15) is 17.6 Å². The summed E-state index contributed by atoms with van der Waals surface area (Å²) in [6.07, 6.45) is 4.11. The van der Waals surface area contributed by atoms with Gasteiger partial charge in [-0.2, -0.15) is 5.26 Å². The molecule has 0 atom stereocenters. The van der Waals surface area contributed by atoms with Crippen LogP contribution in [0.15, 0.2) is 54.6 Å². The largest absolute Gasteiger partial charge is 0.493 e. The predicted octanol–water partition coefficient (Wildman–Crippen LogP) is 5.54. The Balaban J connectivity index is 1.72.